The Morgan fingerprint density at radius 2 is 1.84 bits per heavy atom. The zero-order valence-corrected chi connectivity index (χ0v) is 13.0. The zero-order valence-electron chi connectivity index (χ0n) is 10.7. The summed E-state index contributed by atoms with van der Waals surface area (Å²) in [7, 11) is 0. The van der Waals surface area contributed by atoms with Gasteiger partial charge in [0.05, 0.1) is 13.2 Å². The van der Waals surface area contributed by atoms with E-state index in [1.807, 2.05) is 18.2 Å². The summed E-state index contributed by atoms with van der Waals surface area (Å²) in [4.78, 5) is 2.42. The van der Waals surface area contributed by atoms with E-state index in [0.717, 1.165) is 56.5 Å². The first-order chi connectivity index (χ1) is 8.36. The monoisotopic (exact) mass is 324 g/mol. The Hall–Kier alpha value is -0.0300. The molecule has 0 spiro atoms. The minimum absolute atomic E-state index is 0. The first-order valence-electron chi connectivity index (χ1n) is 6.10. The van der Waals surface area contributed by atoms with E-state index in [1.54, 1.807) is 0 Å². The van der Waals surface area contributed by atoms with Crippen LogP contribution < -0.4 is 30.1 Å². The largest absolute Gasteiger partial charge is 1.00 e. The molecule has 3 nitrogen and oxygen atoms in total. The second-order valence-electron chi connectivity index (χ2n) is 4.22. The van der Waals surface area contributed by atoms with Crippen LogP contribution in [-0.2, 0) is 11.3 Å². The van der Waals surface area contributed by atoms with Crippen molar-refractivity contribution in [3.63, 3.8) is 0 Å². The maximum Gasteiger partial charge on any atom is 0.0594 e. The van der Waals surface area contributed by atoms with E-state index < -0.39 is 0 Å². The van der Waals surface area contributed by atoms with E-state index in [9.17, 15) is 0 Å². The van der Waals surface area contributed by atoms with Gasteiger partial charge in [-0.25, -0.2) is 0 Å². The van der Waals surface area contributed by atoms with Crippen LogP contribution in [0.25, 0.3) is 0 Å². The highest BCUT2D eigenvalue weighted by atomic mass is 35.5. The molecule has 0 unspecified atom stereocenters. The molecule has 1 aliphatic heterocycles. The summed E-state index contributed by atoms with van der Waals surface area (Å²) < 4.78 is 5.31. The number of morpholine rings is 1. The molecule has 19 heavy (non-hydrogen) atoms. The predicted octanol–water partition coefficient (Wildman–Crippen LogP) is -4.23. The van der Waals surface area contributed by atoms with Crippen LogP contribution >= 0.6 is 11.6 Å². The number of hydrogen-bond donors (Lipinski definition) is 1. The van der Waals surface area contributed by atoms with Gasteiger partial charge in [0.2, 0.25) is 0 Å². The highest BCUT2D eigenvalue weighted by molar-refractivity contribution is 6.31. The van der Waals surface area contributed by atoms with Crippen LogP contribution in [0.15, 0.2) is 24.3 Å². The second kappa shape index (κ2) is 10.7. The van der Waals surface area contributed by atoms with E-state index in [-0.39, 0.29) is 24.8 Å². The molecule has 0 aliphatic carbocycles. The van der Waals surface area contributed by atoms with Crippen LogP contribution in [0.4, 0.5) is 0 Å². The number of ether oxygens (including phenoxy) is 1. The lowest BCUT2D eigenvalue weighted by Gasteiger charge is -2.26. The lowest BCUT2D eigenvalue weighted by molar-refractivity contribution is -0.001000. The maximum atomic E-state index is 6.08. The van der Waals surface area contributed by atoms with Gasteiger partial charge in [-0.1, -0.05) is 29.8 Å². The Bertz CT molecular complexity index is 346. The Morgan fingerprint density at radius 1 is 1.16 bits per heavy atom. The Labute approximate surface area is 132 Å². The van der Waals surface area contributed by atoms with Gasteiger partial charge in [0, 0.05) is 37.7 Å². The summed E-state index contributed by atoms with van der Waals surface area (Å²) >= 11 is 6.08. The minimum atomic E-state index is 0. The lowest BCUT2D eigenvalue weighted by atomic mass is 10.2. The van der Waals surface area contributed by atoms with Crippen LogP contribution in [-0.4, -0.2) is 44.3 Å². The molecule has 1 aromatic rings. The summed E-state index contributed by atoms with van der Waals surface area (Å²) in [6, 6.07) is 7.97. The zero-order chi connectivity index (χ0) is 11.9. The van der Waals surface area contributed by atoms with Crippen LogP contribution in [0.1, 0.15) is 5.56 Å². The van der Waals surface area contributed by atoms with Crippen molar-refractivity contribution in [2.45, 2.75) is 6.54 Å². The number of hydrogen-bond acceptors (Lipinski definition) is 3. The quantitative estimate of drug-likeness (QED) is 0.555. The smallest absolute Gasteiger partial charge is 0.0594 e. The van der Waals surface area contributed by atoms with Crippen LogP contribution in [0.2, 0.25) is 5.02 Å². The normalized spacial score (nSPS) is 15.4. The molecule has 0 atom stereocenters. The summed E-state index contributed by atoms with van der Waals surface area (Å²) in [6.45, 7) is 6.74. The third-order valence-electron chi connectivity index (χ3n) is 2.98. The second-order valence-corrected chi connectivity index (χ2v) is 4.63. The average Bonchev–Trinajstić information content (AvgIpc) is 2.38. The first-order valence-corrected chi connectivity index (χ1v) is 6.48. The molecule has 1 aliphatic rings. The number of benzene rings is 1. The van der Waals surface area contributed by atoms with Gasteiger partial charge in [-0.2, -0.15) is 0 Å². The molecule has 1 saturated heterocycles. The summed E-state index contributed by atoms with van der Waals surface area (Å²) in [5, 5.41) is 4.26. The number of nitrogens with one attached hydrogen (secondary N) is 1. The molecule has 1 fully saturated rings. The molecule has 2 rings (SSSR count). The topological polar surface area (TPSA) is 24.5 Å². The molecule has 0 amide bonds. The van der Waals surface area contributed by atoms with E-state index >= 15 is 0 Å². The molecule has 6 heteroatoms. The van der Waals surface area contributed by atoms with Crippen LogP contribution in [0, 0.1) is 0 Å². The predicted molar refractivity (Wildman–Crippen MR) is 70.4 cm³/mol. The third kappa shape index (κ3) is 6.80. The highest BCUT2D eigenvalue weighted by Crippen LogP contribution is 2.14. The van der Waals surface area contributed by atoms with Crippen LogP contribution in [0.5, 0.6) is 0 Å². The van der Waals surface area contributed by atoms with Crippen molar-refractivity contribution in [3.05, 3.63) is 34.9 Å². The standard InChI is InChI=1S/C13H19ClN2O.2ClH/c14-13-4-2-1-3-12(13)11-15-5-6-16-7-9-17-10-8-16;;/h1-4,15H,5-11H2;2*1H/p-2. The average molecular weight is 326 g/mol. The van der Waals surface area contributed by atoms with Crippen molar-refractivity contribution >= 4 is 11.6 Å². The van der Waals surface area contributed by atoms with E-state index in [0.29, 0.717) is 0 Å². The Morgan fingerprint density at radius 3 is 2.53 bits per heavy atom. The SMILES string of the molecule is Clc1ccccc1CNCCN1CCOCC1.[Cl-].[Cl-]. The first kappa shape index (κ1) is 19.0. The van der Waals surface area contributed by atoms with E-state index in [2.05, 4.69) is 16.3 Å². The summed E-state index contributed by atoms with van der Waals surface area (Å²) in [6.07, 6.45) is 0. The van der Waals surface area contributed by atoms with Gasteiger partial charge in [0.25, 0.3) is 0 Å². The minimum Gasteiger partial charge on any atom is -1.00 e. The number of halogens is 3. The van der Waals surface area contributed by atoms with Crippen LogP contribution in [0.3, 0.4) is 0 Å². The Balaban J connectivity index is 0.00000162. The van der Waals surface area contributed by atoms with Gasteiger partial charge >= 0.3 is 0 Å². The maximum absolute atomic E-state index is 6.08. The van der Waals surface area contributed by atoms with Crippen molar-refractivity contribution in [2.24, 2.45) is 0 Å². The number of nitrogens with zero attached hydrogens (tertiary/aromatic N) is 1. The van der Waals surface area contributed by atoms with Gasteiger partial charge in [-0.05, 0) is 11.6 Å². The van der Waals surface area contributed by atoms with E-state index in [1.165, 1.54) is 0 Å². The third-order valence-corrected chi connectivity index (χ3v) is 3.35. The lowest BCUT2D eigenvalue weighted by Crippen LogP contribution is -3.00. The number of rotatable bonds is 5. The van der Waals surface area contributed by atoms with Crippen molar-refractivity contribution < 1.29 is 29.6 Å². The molecule has 1 N–H and O–H groups in total. The van der Waals surface area contributed by atoms with Gasteiger partial charge < -0.3 is 34.9 Å². The molecule has 1 heterocycles. The molecule has 110 valence electrons. The summed E-state index contributed by atoms with van der Waals surface area (Å²) in [5.74, 6) is 0. The van der Waals surface area contributed by atoms with Gasteiger partial charge in [-0.3, -0.25) is 4.90 Å². The fourth-order valence-electron chi connectivity index (χ4n) is 1.93. The molecule has 0 aromatic heterocycles. The van der Waals surface area contributed by atoms with Gasteiger partial charge in [-0.15, -0.1) is 0 Å². The van der Waals surface area contributed by atoms with Crippen molar-refractivity contribution in [1.29, 1.82) is 0 Å². The highest BCUT2D eigenvalue weighted by Gasteiger charge is 2.08. The van der Waals surface area contributed by atoms with Gasteiger partial charge in [0.1, 0.15) is 0 Å². The molecular formula is C13H19Cl3N2O-2. The molecule has 1 aromatic carbocycles. The molecule has 0 bridgehead atoms. The van der Waals surface area contributed by atoms with Crippen molar-refractivity contribution in [2.75, 3.05) is 39.4 Å². The molecule has 0 saturated carbocycles. The summed E-state index contributed by atoms with van der Waals surface area (Å²) in [5.41, 5.74) is 1.16. The molecule has 0 radical (unpaired) electrons. The van der Waals surface area contributed by atoms with Crippen molar-refractivity contribution in [3.8, 4) is 0 Å². The Kier molecular flexibility index (Phi) is 10.7. The van der Waals surface area contributed by atoms with Gasteiger partial charge in [0.15, 0.2) is 0 Å². The fraction of sp³-hybridized carbons (Fsp3) is 0.538. The fourth-order valence-corrected chi connectivity index (χ4v) is 2.13. The van der Waals surface area contributed by atoms with Crippen molar-refractivity contribution in [1.82, 2.24) is 10.2 Å². The molecular weight excluding hydrogens is 307 g/mol. The van der Waals surface area contributed by atoms with E-state index in [4.69, 9.17) is 16.3 Å².